The Labute approximate surface area is 172 Å². The van der Waals surface area contributed by atoms with E-state index < -0.39 is 17.9 Å². The molecule has 7 nitrogen and oxygen atoms in total. The first-order valence-electron chi connectivity index (χ1n) is 9.60. The van der Waals surface area contributed by atoms with Gasteiger partial charge in [-0.1, -0.05) is 36.4 Å². The van der Waals surface area contributed by atoms with Crippen LogP contribution in [0, 0.1) is 6.92 Å². The molecule has 1 atom stereocenters. The summed E-state index contributed by atoms with van der Waals surface area (Å²) in [6, 6.07) is 15.3. The summed E-state index contributed by atoms with van der Waals surface area (Å²) in [5.74, 6) is -1.66. The largest absolute Gasteiger partial charge is 0.480 e. The topological polar surface area (TPSA) is 104 Å². The molecule has 0 saturated heterocycles. The number of pyridine rings is 1. The van der Waals surface area contributed by atoms with Gasteiger partial charge in [-0.05, 0) is 30.2 Å². The van der Waals surface area contributed by atoms with Crippen molar-refractivity contribution in [3.8, 4) is 0 Å². The zero-order chi connectivity index (χ0) is 21.3. The highest BCUT2D eigenvalue weighted by Crippen LogP contribution is 2.19. The first-order chi connectivity index (χ1) is 14.4. The third kappa shape index (κ3) is 3.69. The molecular formula is C23H21N3O4. The summed E-state index contributed by atoms with van der Waals surface area (Å²) >= 11 is 0. The van der Waals surface area contributed by atoms with Gasteiger partial charge in [0.05, 0.1) is 5.52 Å². The van der Waals surface area contributed by atoms with Crippen molar-refractivity contribution in [2.24, 2.45) is 0 Å². The molecule has 4 rings (SSSR count). The Balaban J connectivity index is 1.57. The Morgan fingerprint density at radius 2 is 1.80 bits per heavy atom. The van der Waals surface area contributed by atoms with Gasteiger partial charge in [-0.25, -0.2) is 4.79 Å². The first-order valence-corrected chi connectivity index (χ1v) is 9.60. The van der Waals surface area contributed by atoms with Crippen LogP contribution in [0.2, 0.25) is 0 Å². The molecule has 1 unspecified atom stereocenters. The lowest BCUT2D eigenvalue weighted by Gasteiger charge is -2.16. The van der Waals surface area contributed by atoms with Crippen LogP contribution in [0.5, 0.6) is 0 Å². The van der Waals surface area contributed by atoms with Crippen molar-refractivity contribution in [3.05, 3.63) is 82.3 Å². The molecule has 0 aliphatic heterocycles. The monoisotopic (exact) mass is 403 g/mol. The normalized spacial score (nSPS) is 12.2. The summed E-state index contributed by atoms with van der Waals surface area (Å²) in [6.07, 6.45) is 1.89. The Bertz CT molecular complexity index is 1320. The van der Waals surface area contributed by atoms with Gasteiger partial charge in [0.2, 0.25) is 5.91 Å². The summed E-state index contributed by atoms with van der Waals surface area (Å²) in [7, 11) is 0. The van der Waals surface area contributed by atoms with Crippen LogP contribution >= 0.6 is 0 Å². The van der Waals surface area contributed by atoms with Gasteiger partial charge >= 0.3 is 5.97 Å². The van der Waals surface area contributed by atoms with E-state index in [9.17, 15) is 19.5 Å². The second-order valence-electron chi connectivity index (χ2n) is 7.29. The van der Waals surface area contributed by atoms with Crippen LogP contribution in [0.15, 0.2) is 65.6 Å². The number of aromatic nitrogens is 2. The lowest BCUT2D eigenvalue weighted by Crippen LogP contribution is -2.44. The highest BCUT2D eigenvalue weighted by Gasteiger charge is 2.22. The quantitative estimate of drug-likeness (QED) is 0.460. The van der Waals surface area contributed by atoms with Gasteiger partial charge in [0.15, 0.2) is 0 Å². The van der Waals surface area contributed by atoms with Gasteiger partial charge in [-0.3, -0.25) is 14.2 Å². The Morgan fingerprint density at radius 3 is 2.57 bits per heavy atom. The van der Waals surface area contributed by atoms with E-state index in [-0.39, 0.29) is 18.5 Å². The number of benzene rings is 2. The standard InChI is InChI=1S/C23H21N3O4/c1-14-10-22(28)26(20-9-5-3-6-16(14)20)13-21(27)25-19(23(29)30)11-15-12-24-18-8-4-2-7-17(15)18/h2-10,12,19,24H,11,13H2,1H3,(H,25,27)(H,29,30). The smallest absolute Gasteiger partial charge is 0.326 e. The number of hydrogen-bond donors (Lipinski definition) is 3. The van der Waals surface area contributed by atoms with Crippen molar-refractivity contribution in [2.45, 2.75) is 25.9 Å². The van der Waals surface area contributed by atoms with E-state index in [1.807, 2.05) is 43.3 Å². The van der Waals surface area contributed by atoms with Crippen molar-refractivity contribution in [3.63, 3.8) is 0 Å². The first kappa shape index (κ1) is 19.4. The predicted molar refractivity (Wildman–Crippen MR) is 115 cm³/mol. The average molecular weight is 403 g/mol. The van der Waals surface area contributed by atoms with E-state index in [1.165, 1.54) is 10.6 Å². The maximum absolute atomic E-state index is 12.7. The fraction of sp³-hybridized carbons (Fsp3) is 0.174. The average Bonchev–Trinajstić information content (AvgIpc) is 3.13. The van der Waals surface area contributed by atoms with Crippen LogP contribution < -0.4 is 10.9 Å². The number of fused-ring (bicyclic) bond motifs is 2. The molecule has 2 aromatic carbocycles. The molecule has 0 aliphatic rings. The fourth-order valence-corrected chi connectivity index (χ4v) is 3.77. The van der Waals surface area contributed by atoms with Crippen molar-refractivity contribution < 1.29 is 14.7 Å². The van der Waals surface area contributed by atoms with E-state index in [1.54, 1.807) is 18.3 Å². The maximum Gasteiger partial charge on any atom is 0.326 e. The number of para-hydroxylation sites is 2. The molecule has 4 aromatic rings. The SMILES string of the molecule is Cc1cc(=O)n(CC(=O)NC(Cc2c[nH]c3ccccc23)C(=O)O)c2ccccc12. The molecule has 0 fully saturated rings. The van der Waals surface area contributed by atoms with Gasteiger partial charge in [0.1, 0.15) is 12.6 Å². The molecule has 0 saturated carbocycles. The molecule has 3 N–H and O–H groups in total. The number of aryl methyl sites for hydroxylation is 1. The molecule has 152 valence electrons. The second-order valence-corrected chi connectivity index (χ2v) is 7.29. The number of amides is 1. The Morgan fingerprint density at radius 1 is 1.10 bits per heavy atom. The molecule has 30 heavy (non-hydrogen) atoms. The van der Waals surface area contributed by atoms with Gasteiger partial charge in [0, 0.05) is 35.0 Å². The van der Waals surface area contributed by atoms with E-state index in [2.05, 4.69) is 10.3 Å². The van der Waals surface area contributed by atoms with Crippen LogP contribution in [0.1, 0.15) is 11.1 Å². The summed E-state index contributed by atoms with van der Waals surface area (Å²) in [5, 5.41) is 14.0. The highest BCUT2D eigenvalue weighted by atomic mass is 16.4. The van der Waals surface area contributed by atoms with Gasteiger partial charge in [-0.15, -0.1) is 0 Å². The molecule has 0 aliphatic carbocycles. The number of hydrogen-bond acceptors (Lipinski definition) is 3. The van der Waals surface area contributed by atoms with E-state index in [0.29, 0.717) is 5.52 Å². The number of rotatable bonds is 6. The fourth-order valence-electron chi connectivity index (χ4n) is 3.77. The number of carbonyl (C=O) groups is 2. The summed E-state index contributed by atoms with van der Waals surface area (Å²) < 4.78 is 1.36. The van der Waals surface area contributed by atoms with Crippen LogP contribution in [-0.4, -0.2) is 32.6 Å². The molecular weight excluding hydrogens is 382 g/mol. The maximum atomic E-state index is 12.7. The van der Waals surface area contributed by atoms with Crippen molar-refractivity contribution in [2.75, 3.05) is 0 Å². The lowest BCUT2D eigenvalue weighted by molar-refractivity contribution is -0.141. The molecule has 2 heterocycles. The van der Waals surface area contributed by atoms with E-state index >= 15 is 0 Å². The summed E-state index contributed by atoms with van der Waals surface area (Å²) in [6.45, 7) is 1.59. The number of aliphatic carboxylic acids is 1. The molecule has 0 spiro atoms. The number of nitrogens with zero attached hydrogens (tertiary/aromatic N) is 1. The minimum atomic E-state index is -1.13. The molecule has 0 bridgehead atoms. The van der Waals surface area contributed by atoms with Crippen LogP contribution in [0.4, 0.5) is 0 Å². The summed E-state index contributed by atoms with van der Waals surface area (Å²) in [4.78, 5) is 40.0. The molecule has 0 radical (unpaired) electrons. The lowest BCUT2D eigenvalue weighted by atomic mass is 10.0. The van der Waals surface area contributed by atoms with Crippen molar-refractivity contribution in [1.29, 1.82) is 0 Å². The zero-order valence-electron chi connectivity index (χ0n) is 16.4. The van der Waals surface area contributed by atoms with Crippen LogP contribution in [0.3, 0.4) is 0 Å². The molecule has 7 heteroatoms. The molecule has 1 amide bonds. The Hall–Kier alpha value is -3.87. The highest BCUT2D eigenvalue weighted by molar-refractivity contribution is 5.88. The molecule has 2 aromatic heterocycles. The number of carbonyl (C=O) groups excluding carboxylic acids is 1. The second kappa shape index (κ2) is 7.87. The van der Waals surface area contributed by atoms with Crippen molar-refractivity contribution in [1.82, 2.24) is 14.9 Å². The minimum absolute atomic E-state index is 0.134. The third-order valence-corrected chi connectivity index (χ3v) is 5.26. The van der Waals surface area contributed by atoms with Crippen LogP contribution in [-0.2, 0) is 22.6 Å². The van der Waals surface area contributed by atoms with Gasteiger partial charge in [-0.2, -0.15) is 0 Å². The van der Waals surface area contributed by atoms with Gasteiger partial charge < -0.3 is 15.4 Å². The summed E-state index contributed by atoms with van der Waals surface area (Å²) in [5.41, 5.74) is 2.87. The number of nitrogens with one attached hydrogen (secondary N) is 2. The van der Waals surface area contributed by atoms with E-state index in [0.717, 1.165) is 27.4 Å². The number of carboxylic acids is 1. The zero-order valence-corrected chi connectivity index (χ0v) is 16.4. The van der Waals surface area contributed by atoms with Crippen LogP contribution in [0.25, 0.3) is 21.8 Å². The number of carboxylic acid groups (broad SMARTS) is 1. The van der Waals surface area contributed by atoms with Crippen molar-refractivity contribution >= 4 is 33.7 Å². The Kier molecular flexibility index (Phi) is 5.10. The predicted octanol–water partition coefficient (Wildman–Crippen LogP) is 2.60. The number of aromatic amines is 1. The minimum Gasteiger partial charge on any atom is -0.480 e. The van der Waals surface area contributed by atoms with E-state index in [4.69, 9.17) is 0 Å². The third-order valence-electron chi connectivity index (χ3n) is 5.26. The van der Waals surface area contributed by atoms with Gasteiger partial charge in [0.25, 0.3) is 5.56 Å². The number of H-pyrrole nitrogens is 1.